The van der Waals surface area contributed by atoms with Crippen LogP contribution >= 0.6 is 11.8 Å². The zero-order valence-electron chi connectivity index (χ0n) is 7.21. The molecule has 0 saturated heterocycles. The molecule has 1 aliphatic heterocycles. The summed E-state index contributed by atoms with van der Waals surface area (Å²) in [6.45, 7) is 1.90. The van der Waals surface area contributed by atoms with Gasteiger partial charge in [0.25, 0.3) is 0 Å². The van der Waals surface area contributed by atoms with E-state index in [2.05, 4.69) is 17.5 Å². The lowest BCUT2D eigenvalue weighted by atomic mass is 10.1. The number of nitrogens with one attached hydrogen (secondary N) is 1. The maximum Gasteiger partial charge on any atom is 0.100 e. The second-order valence-corrected chi connectivity index (χ2v) is 4.04. The molecule has 0 amide bonds. The van der Waals surface area contributed by atoms with Gasteiger partial charge in [0.2, 0.25) is 0 Å². The molecule has 13 heavy (non-hydrogen) atoms. The fourth-order valence-electron chi connectivity index (χ4n) is 1.43. The standard InChI is InChI=1S/C10H10N2S/c11-6-8-2-1-3-9-7-12-4-5-13-10(8)9/h1-3,12H,4-5,7H2. The van der Waals surface area contributed by atoms with Crippen LogP contribution in [0.15, 0.2) is 23.1 Å². The van der Waals surface area contributed by atoms with Gasteiger partial charge in [-0.3, -0.25) is 0 Å². The first-order valence-corrected chi connectivity index (χ1v) is 5.26. The molecule has 66 valence electrons. The molecule has 2 rings (SSSR count). The Bertz CT molecular complexity index is 354. The van der Waals surface area contributed by atoms with Crippen LogP contribution in [0.3, 0.4) is 0 Å². The number of rotatable bonds is 0. The van der Waals surface area contributed by atoms with Crippen LogP contribution in [0.4, 0.5) is 0 Å². The molecule has 0 bridgehead atoms. The molecule has 0 aromatic heterocycles. The van der Waals surface area contributed by atoms with Gasteiger partial charge in [-0.25, -0.2) is 0 Å². The summed E-state index contributed by atoms with van der Waals surface area (Å²) in [5.41, 5.74) is 2.06. The van der Waals surface area contributed by atoms with E-state index in [4.69, 9.17) is 5.26 Å². The molecule has 1 aliphatic rings. The van der Waals surface area contributed by atoms with E-state index >= 15 is 0 Å². The first-order valence-electron chi connectivity index (χ1n) is 4.27. The number of hydrogen-bond donors (Lipinski definition) is 1. The van der Waals surface area contributed by atoms with Crippen molar-refractivity contribution in [2.24, 2.45) is 0 Å². The number of nitriles is 1. The molecule has 1 heterocycles. The highest BCUT2D eigenvalue weighted by atomic mass is 32.2. The summed E-state index contributed by atoms with van der Waals surface area (Å²) in [7, 11) is 0. The molecule has 1 N–H and O–H groups in total. The summed E-state index contributed by atoms with van der Waals surface area (Å²) in [5.74, 6) is 1.05. The Kier molecular flexibility index (Phi) is 2.53. The highest BCUT2D eigenvalue weighted by Gasteiger charge is 2.10. The van der Waals surface area contributed by atoms with E-state index < -0.39 is 0 Å². The predicted molar refractivity (Wildman–Crippen MR) is 53.6 cm³/mol. The quantitative estimate of drug-likeness (QED) is 0.677. The molecule has 0 atom stereocenters. The molecule has 1 aromatic carbocycles. The van der Waals surface area contributed by atoms with Crippen LogP contribution in [-0.4, -0.2) is 12.3 Å². The van der Waals surface area contributed by atoms with Crippen molar-refractivity contribution in [1.29, 1.82) is 5.26 Å². The largest absolute Gasteiger partial charge is 0.312 e. The van der Waals surface area contributed by atoms with E-state index in [-0.39, 0.29) is 0 Å². The van der Waals surface area contributed by atoms with Crippen LogP contribution in [0, 0.1) is 11.3 Å². The van der Waals surface area contributed by atoms with Gasteiger partial charge in [-0.05, 0) is 11.6 Å². The Labute approximate surface area is 82.0 Å². The topological polar surface area (TPSA) is 35.8 Å². The minimum Gasteiger partial charge on any atom is -0.312 e. The smallest absolute Gasteiger partial charge is 0.100 e. The molecule has 0 unspecified atom stereocenters. The highest BCUT2D eigenvalue weighted by molar-refractivity contribution is 7.99. The first-order chi connectivity index (χ1) is 6.42. The van der Waals surface area contributed by atoms with Crippen molar-refractivity contribution < 1.29 is 0 Å². The monoisotopic (exact) mass is 190 g/mol. The van der Waals surface area contributed by atoms with E-state index in [9.17, 15) is 0 Å². The predicted octanol–water partition coefficient (Wildman–Crippen LogP) is 1.75. The fourth-order valence-corrected chi connectivity index (χ4v) is 2.48. The lowest BCUT2D eigenvalue weighted by Crippen LogP contribution is -2.13. The van der Waals surface area contributed by atoms with E-state index in [1.165, 1.54) is 5.56 Å². The van der Waals surface area contributed by atoms with Crippen molar-refractivity contribution in [3.8, 4) is 6.07 Å². The van der Waals surface area contributed by atoms with Crippen molar-refractivity contribution in [2.45, 2.75) is 11.4 Å². The van der Waals surface area contributed by atoms with Gasteiger partial charge in [-0.2, -0.15) is 5.26 Å². The van der Waals surface area contributed by atoms with Crippen molar-refractivity contribution in [3.63, 3.8) is 0 Å². The fraction of sp³-hybridized carbons (Fsp3) is 0.300. The van der Waals surface area contributed by atoms with Crippen molar-refractivity contribution in [1.82, 2.24) is 5.32 Å². The number of thioether (sulfide) groups is 1. The van der Waals surface area contributed by atoms with Gasteiger partial charge in [0, 0.05) is 23.7 Å². The molecule has 0 radical (unpaired) electrons. The summed E-state index contributed by atoms with van der Waals surface area (Å²) in [5, 5.41) is 12.2. The molecule has 0 saturated carbocycles. The van der Waals surface area contributed by atoms with Gasteiger partial charge < -0.3 is 5.32 Å². The van der Waals surface area contributed by atoms with E-state index in [1.54, 1.807) is 11.8 Å². The molecule has 1 aromatic rings. The summed E-state index contributed by atoms with van der Waals surface area (Å²) < 4.78 is 0. The van der Waals surface area contributed by atoms with Gasteiger partial charge >= 0.3 is 0 Å². The molecular weight excluding hydrogens is 180 g/mol. The van der Waals surface area contributed by atoms with Crippen LogP contribution in [0.2, 0.25) is 0 Å². The lowest BCUT2D eigenvalue weighted by Gasteiger charge is -2.05. The van der Waals surface area contributed by atoms with Crippen molar-refractivity contribution in [3.05, 3.63) is 29.3 Å². The maximum absolute atomic E-state index is 8.90. The Balaban J connectivity index is 2.47. The van der Waals surface area contributed by atoms with Gasteiger partial charge in [0.15, 0.2) is 0 Å². The van der Waals surface area contributed by atoms with E-state index in [0.717, 1.165) is 29.3 Å². The van der Waals surface area contributed by atoms with Gasteiger partial charge in [0.05, 0.1) is 5.56 Å². The number of fused-ring (bicyclic) bond motifs is 1. The molecule has 2 nitrogen and oxygen atoms in total. The second kappa shape index (κ2) is 3.82. The summed E-state index contributed by atoms with van der Waals surface area (Å²) in [6.07, 6.45) is 0. The normalized spacial score (nSPS) is 15.6. The summed E-state index contributed by atoms with van der Waals surface area (Å²) in [4.78, 5) is 1.16. The summed E-state index contributed by atoms with van der Waals surface area (Å²) in [6, 6.07) is 8.15. The number of nitrogens with zero attached hydrogens (tertiary/aromatic N) is 1. The number of benzene rings is 1. The Morgan fingerprint density at radius 3 is 3.23 bits per heavy atom. The average molecular weight is 190 g/mol. The van der Waals surface area contributed by atoms with Crippen LogP contribution in [-0.2, 0) is 6.54 Å². The third-order valence-corrected chi connectivity index (χ3v) is 3.24. The van der Waals surface area contributed by atoms with Gasteiger partial charge in [-0.15, -0.1) is 11.8 Å². The molecule has 3 heteroatoms. The van der Waals surface area contributed by atoms with Crippen LogP contribution in [0.5, 0.6) is 0 Å². The molecule has 0 aliphatic carbocycles. The Hall–Kier alpha value is -0.980. The minimum absolute atomic E-state index is 0.811. The third-order valence-electron chi connectivity index (χ3n) is 2.06. The van der Waals surface area contributed by atoms with Gasteiger partial charge in [-0.1, -0.05) is 12.1 Å². The Morgan fingerprint density at radius 2 is 2.38 bits per heavy atom. The third kappa shape index (κ3) is 1.69. The van der Waals surface area contributed by atoms with Crippen molar-refractivity contribution in [2.75, 3.05) is 12.3 Å². The Morgan fingerprint density at radius 1 is 1.46 bits per heavy atom. The minimum atomic E-state index is 0.811. The second-order valence-electron chi connectivity index (χ2n) is 2.93. The molecular formula is C10H10N2S. The summed E-state index contributed by atoms with van der Waals surface area (Å²) >= 11 is 1.78. The van der Waals surface area contributed by atoms with Crippen molar-refractivity contribution >= 4 is 11.8 Å². The number of hydrogen-bond acceptors (Lipinski definition) is 3. The molecule has 0 fully saturated rings. The first kappa shape index (κ1) is 8.61. The molecule has 0 spiro atoms. The zero-order chi connectivity index (χ0) is 9.10. The van der Waals surface area contributed by atoms with Gasteiger partial charge in [0.1, 0.15) is 6.07 Å². The SMILES string of the molecule is N#Cc1cccc2c1SCCNC2. The van der Waals surface area contributed by atoms with E-state index in [0.29, 0.717) is 0 Å². The van der Waals surface area contributed by atoms with Crippen LogP contribution < -0.4 is 5.32 Å². The van der Waals surface area contributed by atoms with Crippen LogP contribution in [0.25, 0.3) is 0 Å². The zero-order valence-corrected chi connectivity index (χ0v) is 8.03. The maximum atomic E-state index is 8.90. The lowest BCUT2D eigenvalue weighted by molar-refractivity contribution is 0.732. The highest BCUT2D eigenvalue weighted by Crippen LogP contribution is 2.27. The average Bonchev–Trinajstić information content (AvgIpc) is 2.41. The van der Waals surface area contributed by atoms with Crippen LogP contribution in [0.1, 0.15) is 11.1 Å². The van der Waals surface area contributed by atoms with E-state index in [1.807, 2.05) is 12.1 Å².